The van der Waals surface area contributed by atoms with Gasteiger partial charge >= 0.3 is 0 Å². The Morgan fingerprint density at radius 2 is 2.18 bits per heavy atom. The molecule has 0 amide bonds. The molecule has 17 heavy (non-hydrogen) atoms. The first kappa shape index (κ1) is 13.3. The molecule has 0 aliphatic rings. The molecule has 0 saturated carbocycles. The predicted molar refractivity (Wildman–Crippen MR) is 81.0 cm³/mol. The van der Waals surface area contributed by atoms with Crippen LogP contribution in [0.25, 0.3) is 0 Å². The van der Waals surface area contributed by atoms with Crippen molar-refractivity contribution in [2.24, 2.45) is 0 Å². The molecule has 0 saturated heterocycles. The minimum atomic E-state index is 0.425. The number of rotatable bonds is 5. The number of thiophene rings is 2. The van der Waals surface area contributed by atoms with Crippen LogP contribution >= 0.6 is 38.6 Å². The van der Waals surface area contributed by atoms with Crippen molar-refractivity contribution in [1.82, 2.24) is 5.32 Å². The topological polar surface area (TPSA) is 12.0 Å². The Kier molecular flexibility index (Phi) is 4.79. The highest BCUT2D eigenvalue weighted by molar-refractivity contribution is 9.10. The van der Waals surface area contributed by atoms with Crippen molar-refractivity contribution in [2.75, 3.05) is 0 Å². The molecule has 2 aromatic rings. The van der Waals surface area contributed by atoms with Gasteiger partial charge in [-0.2, -0.15) is 0 Å². The van der Waals surface area contributed by atoms with Gasteiger partial charge in [-0.25, -0.2) is 0 Å². The number of aryl methyl sites for hydroxylation is 1. The van der Waals surface area contributed by atoms with Gasteiger partial charge in [0, 0.05) is 31.7 Å². The quantitative estimate of drug-likeness (QED) is 0.815. The van der Waals surface area contributed by atoms with Crippen LogP contribution in [-0.4, -0.2) is 0 Å². The monoisotopic (exact) mass is 329 g/mol. The molecule has 1 atom stereocenters. The lowest BCUT2D eigenvalue weighted by atomic mass is 10.2. The van der Waals surface area contributed by atoms with E-state index in [2.05, 4.69) is 58.7 Å². The molecule has 1 unspecified atom stereocenters. The first-order valence-electron chi connectivity index (χ1n) is 5.74. The van der Waals surface area contributed by atoms with Crippen molar-refractivity contribution in [3.63, 3.8) is 0 Å². The Morgan fingerprint density at radius 3 is 2.76 bits per heavy atom. The van der Waals surface area contributed by atoms with Crippen molar-refractivity contribution in [3.05, 3.63) is 42.7 Å². The minimum absolute atomic E-state index is 0.425. The summed E-state index contributed by atoms with van der Waals surface area (Å²) in [5, 5.41) is 5.69. The summed E-state index contributed by atoms with van der Waals surface area (Å²) in [6, 6.07) is 7.01. The zero-order valence-corrected chi connectivity index (χ0v) is 13.2. The van der Waals surface area contributed by atoms with Gasteiger partial charge in [0.1, 0.15) is 0 Å². The minimum Gasteiger partial charge on any atom is -0.305 e. The molecule has 0 aliphatic carbocycles. The van der Waals surface area contributed by atoms with Crippen LogP contribution in [-0.2, 0) is 13.0 Å². The normalized spacial score (nSPS) is 12.9. The van der Waals surface area contributed by atoms with E-state index in [0.29, 0.717) is 6.04 Å². The van der Waals surface area contributed by atoms with Crippen LogP contribution in [0.3, 0.4) is 0 Å². The zero-order chi connectivity index (χ0) is 12.3. The zero-order valence-electron chi connectivity index (χ0n) is 10.00. The molecule has 1 nitrogen and oxygen atoms in total. The molecule has 2 aromatic heterocycles. The van der Waals surface area contributed by atoms with Crippen LogP contribution in [0.4, 0.5) is 0 Å². The smallest absolute Gasteiger partial charge is 0.0389 e. The largest absolute Gasteiger partial charge is 0.305 e. The average molecular weight is 330 g/mol. The molecule has 92 valence electrons. The Labute approximate surface area is 119 Å². The molecule has 0 fully saturated rings. The lowest BCUT2D eigenvalue weighted by Gasteiger charge is -2.11. The first-order chi connectivity index (χ1) is 8.20. The van der Waals surface area contributed by atoms with Crippen LogP contribution in [0, 0.1) is 0 Å². The number of hydrogen-bond donors (Lipinski definition) is 1. The third-order valence-corrected chi connectivity index (χ3v) is 6.06. The van der Waals surface area contributed by atoms with E-state index in [9.17, 15) is 0 Å². The fraction of sp³-hybridized carbons (Fsp3) is 0.385. The van der Waals surface area contributed by atoms with Crippen molar-refractivity contribution < 1.29 is 0 Å². The Morgan fingerprint density at radius 1 is 1.35 bits per heavy atom. The van der Waals surface area contributed by atoms with Gasteiger partial charge < -0.3 is 5.32 Å². The summed E-state index contributed by atoms with van der Waals surface area (Å²) < 4.78 is 1.21. The Bertz CT molecular complexity index is 475. The highest BCUT2D eigenvalue weighted by atomic mass is 79.9. The molecule has 2 rings (SSSR count). The van der Waals surface area contributed by atoms with Crippen LogP contribution in [0.5, 0.6) is 0 Å². The van der Waals surface area contributed by atoms with E-state index in [0.717, 1.165) is 13.0 Å². The molecular formula is C13H16BrNS2. The lowest BCUT2D eigenvalue weighted by Crippen LogP contribution is -2.16. The van der Waals surface area contributed by atoms with Gasteiger partial charge in [0.15, 0.2) is 0 Å². The number of nitrogens with one attached hydrogen (secondary N) is 1. The van der Waals surface area contributed by atoms with Crippen molar-refractivity contribution >= 4 is 38.6 Å². The van der Waals surface area contributed by atoms with Crippen molar-refractivity contribution in [1.29, 1.82) is 0 Å². The first-order valence-corrected chi connectivity index (χ1v) is 8.23. The van der Waals surface area contributed by atoms with Gasteiger partial charge in [0.25, 0.3) is 0 Å². The van der Waals surface area contributed by atoms with E-state index in [4.69, 9.17) is 0 Å². The van der Waals surface area contributed by atoms with E-state index in [1.54, 1.807) is 11.3 Å². The van der Waals surface area contributed by atoms with Gasteiger partial charge in [0.05, 0.1) is 0 Å². The fourth-order valence-electron chi connectivity index (χ4n) is 1.61. The second-order valence-corrected chi connectivity index (χ2v) is 7.01. The summed E-state index contributed by atoms with van der Waals surface area (Å²) in [6.07, 6.45) is 1.13. The van der Waals surface area contributed by atoms with Gasteiger partial charge in [-0.15, -0.1) is 22.7 Å². The second-order valence-electron chi connectivity index (χ2n) is 3.95. The van der Waals surface area contributed by atoms with Crippen LogP contribution in [0.15, 0.2) is 28.1 Å². The summed E-state index contributed by atoms with van der Waals surface area (Å²) >= 11 is 7.26. The van der Waals surface area contributed by atoms with Gasteiger partial charge in [0.2, 0.25) is 0 Å². The second kappa shape index (κ2) is 6.14. The standard InChI is InChI=1S/C13H16BrNS2/c1-3-10-4-5-12(17-10)9(2)15-8-13-11(14)6-7-16-13/h4-7,9,15H,3,8H2,1-2H3. The summed E-state index contributed by atoms with van der Waals surface area (Å²) in [7, 11) is 0. The third kappa shape index (κ3) is 3.41. The number of hydrogen-bond acceptors (Lipinski definition) is 3. The summed E-state index contributed by atoms with van der Waals surface area (Å²) in [5.41, 5.74) is 0. The molecular weight excluding hydrogens is 314 g/mol. The SMILES string of the molecule is CCc1ccc(C(C)NCc2sccc2Br)s1. The van der Waals surface area contributed by atoms with Crippen molar-refractivity contribution in [2.45, 2.75) is 32.9 Å². The highest BCUT2D eigenvalue weighted by Gasteiger charge is 2.09. The summed E-state index contributed by atoms with van der Waals surface area (Å²) in [6.45, 7) is 5.36. The third-order valence-electron chi connectivity index (χ3n) is 2.72. The van der Waals surface area contributed by atoms with E-state index >= 15 is 0 Å². The molecule has 0 aromatic carbocycles. The molecule has 0 radical (unpaired) electrons. The van der Waals surface area contributed by atoms with Gasteiger partial charge in [-0.05, 0) is 52.9 Å². The van der Waals surface area contributed by atoms with Gasteiger partial charge in [-0.1, -0.05) is 6.92 Å². The van der Waals surface area contributed by atoms with E-state index in [1.165, 1.54) is 19.1 Å². The van der Waals surface area contributed by atoms with E-state index in [1.807, 2.05) is 11.3 Å². The van der Waals surface area contributed by atoms with Crippen molar-refractivity contribution in [3.8, 4) is 0 Å². The molecule has 1 N–H and O–H groups in total. The molecule has 0 spiro atoms. The predicted octanol–water partition coefficient (Wildman–Crippen LogP) is 4.99. The average Bonchev–Trinajstić information content (AvgIpc) is 2.94. The van der Waals surface area contributed by atoms with Crippen LogP contribution < -0.4 is 5.32 Å². The highest BCUT2D eigenvalue weighted by Crippen LogP contribution is 2.26. The maximum Gasteiger partial charge on any atom is 0.0389 e. The molecule has 2 heterocycles. The summed E-state index contributed by atoms with van der Waals surface area (Å²) in [5.74, 6) is 0. The van der Waals surface area contributed by atoms with Crippen LogP contribution in [0.1, 0.15) is 34.5 Å². The molecule has 4 heteroatoms. The molecule has 0 aliphatic heterocycles. The number of halogens is 1. The van der Waals surface area contributed by atoms with Gasteiger partial charge in [-0.3, -0.25) is 0 Å². The summed E-state index contributed by atoms with van der Waals surface area (Å²) in [4.78, 5) is 4.25. The Balaban J connectivity index is 1.93. The maximum atomic E-state index is 3.57. The van der Waals surface area contributed by atoms with Crippen LogP contribution in [0.2, 0.25) is 0 Å². The Hall–Kier alpha value is -0.160. The maximum absolute atomic E-state index is 3.57. The fourth-order valence-corrected chi connectivity index (χ4v) is 4.04. The molecule has 0 bridgehead atoms. The van der Waals surface area contributed by atoms with E-state index < -0.39 is 0 Å². The lowest BCUT2D eigenvalue weighted by molar-refractivity contribution is 0.586. The van der Waals surface area contributed by atoms with E-state index in [-0.39, 0.29) is 0 Å².